The van der Waals surface area contributed by atoms with Crippen molar-refractivity contribution in [1.82, 2.24) is 10.3 Å². The summed E-state index contributed by atoms with van der Waals surface area (Å²) in [6, 6.07) is 9.13. The molecule has 1 heterocycles. The number of nitrogens with zero attached hydrogens (tertiary/aromatic N) is 1. The van der Waals surface area contributed by atoms with Gasteiger partial charge in [-0.1, -0.05) is 12.1 Å². The molecule has 3 nitrogen and oxygen atoms in total. The minimum absolute atomic E-state index is 0.294. The second-order valence-corrected chi connectivity index (χ2v) is 6.27. The van der Waals surface area contributed by atoms with Crippen LogP contribution in [0.2, 0.25) is 0 Å². The average molecular weight is 288 g/mol. The zero-order chi connectivity index (χ0) is 13.9. The van der Waals surface area contributed by atoms with Crippen molar-refractivity contribution in [3.05, 3.63) is 46.4 Å². The van der Waals surface area contributed by atoms with E-state index in [9.17, 15) is 0 Å². The molecule has 20 heavy (non-hydrogen) atoms. The highest BCUT2D eigenvalue weighted by Crippen LogP contribution is 2.42. The molecule has 2 unspecified atom stereocenters. The van der Waals surface area contributed by atoms with E-state index in [1.807, 2.05) is 23.7 Å². The van der Waals surface area contributed by atoms with Gasteiger partial charge in [0.25, 0.3) is 0 Å². The normalized spacial score (nSPS) is 17.7. The zero-order valence-electron chi connectivity index (χ0n) is 11.9. The van der Waals surface area contributed by atoms with Crippen LogP contribution in [0.1, 0.15) is 42.4 Å². The lowest BCUT2D eigenvalue weighted by Gasteiger charge is -2.23. The van der Waals surface area contributed by atoms with Gasteiger partial charge in [0.05, 0.1) is 13.2 Å². The fraction of sp³-hybridized carbons (Fsp3) is 0.438. The Morgan fingerprint density at radius 3 is 2.60 bits per heavy atom. The van der Waals surface area contributed by atoms with Gasteiger partial charge in [-0.3, -0.25) is 0 Å². The van der Waals surface area contributed by atoms with E-state index in [2.05, 4.69) is 29.4 Å². The topological polar surface area (TPSA) is 34.1 Å². The van der Waals surface area contributed by atoms with Gasteiger partial charge in [0.2, 0.25) is 0 Å². The van der Waals surface area contributed by atoms with Crippen molar-refractivity contribution in [3.63, 3.8) is 0 Å². The average Bonchev–Trinajstić information content (AvgIpc) is 3.17. The molecule has 0 bridgehead atoms. The van der Waals surface area contributed by atoms with Crippen molar-refractivity contribution in [3.8, 4) is 5.75 Å². The molecule has 0 saturated heterocycles. The quantitative estimate of drug-likeness (QED) is 0.874. The van der Waals surface area contributed by atoms with E-state index in [0.29, 0.717) is 12.1 Å². The summed E-state index contributed by atoms with van der Waals surface area (Å²) >= 11 is 1.71. The first-order valence-corrected chi connectivity index (χ1v) is 7.95. The van der Waals surface area contributed by atoms with Crippen molar-refractivity contribution in [2.45, 2.75) is 31.8 Å². The summed E-state index contributed by atoms with van der Waals surface area (Å²) in [5.74, 6) is 1.67. The second kappa shape index (κ2) is 5.94. The Hall–Kier alpha value is -1.39. The molecule has 106 valence electrons. The molecule has 1 saturated carbocycles. The predicted octanol–water partition coefficient (Wildman–Crippen LogP) is 3.95. The predicted molar refractivity (Wildman–Crippen MR) is 82.1 cm³/mol. The number of thiazole rings is 1. The van der Waals surface area contributed by atoms with Gasteiger partial charge < -0.3 is 10.1 Å². The minimum atomic E-state index is 0.294. The molecule has 2 atom stereocenters. The lowest BCUT2D eigenvalue weighted by molar-refractivity contribution is 0.411. The Bertz CT molecular complexity index is 534. The molecule has 1 aliphatic carbocycles. The molecule has 1 aromatic heterocycles. The number of benzene rings is 1. The third kappa shape index (κ3) is 3.02. The number of nitrogens with one attached hydrogen (secondary N) is 1. The van der Waals surface area contributed by atoms with E-state index in [4.69, 9.17) is 4.74 Å². The summed E-state index contributed by atoms with van der Waals surface area (Å²) in [6.07, 6.45) is 4.50. The van der Waals surface area contributed by atoms with Gasteiger partial charge in [0.15, 0.2) is 0 Å². The van der Waals surface area contributed by atoms with Crippen molar-refractivity contribution in [1.29, 1.82) is 0 Å². The molecule has 1 aromatic carbocycles. The number of aromatic nitrogens is 1. The summed E-state index contributed by atoms with van der Waals surface area (Å²) in [4.78, 5) is 4.41. The maximum atomic E-state index is 5.24. The number of ether oxygens (including phenoxy) is 1. The Labute approximate surface area is 124 Å². The van der Waals surface area contributed by atoms with Gasteiger partial charge >= 0.3 is 0 Å². The maximum absolute atomic E-state index is 5.24. The van der Waals surface area contributed by atoms with Crippen LogP contribution < -0.4 is 10.1 Å². The lowest BCUT2D eigenvalue weighted by atomic mass is 10.0. The number of methoxy groups -OCH3 is 1. The molecule has 0 aliphatic heterocycles. The first-order chi connectivity index (χ1) is 9.78. The molecular weight excluding hydrogens is 268 g/mol. The molecule has 0 radical (unpaired) electrons. The van der Waals surface area contributed by atoms with Crippen LogP contribution in [0.3, 0.4) is 0 Å². The first-order valence-electron chi connectivity index (χ1n) is 7.07. The summed E-state index contributed by atoms with van der Waals surface area (Å²) in [6.45, 7) is 2.19. The van der Waals surface area contributed by atoms with Gasteiger partial charge in [0.1, 0.15) is 10.8 Å². The van der Waals surface area contributed by atoms with Gasteiger partial charge in [-0.05, 0) is 43.4 Å². The molecular formula is C16H20N2OS. The highest BCUT2D eigenvalue weighted by molar-refractivity contribution is 7.09. The SMILES string of the molecule is COc1ccc(C(NC(C)c2nccs2)C2CC2)cc1. The van der Waals surface area contributed by atoms with E-state index in [1.54, 1.807) is 18.4 Å². The Morgan fingerprint density at radius 1 is 1.30 bits per heavy atom. The van der Waals surface area contributed by atoms with E-state index in [0.717, 1.165) is 16.7 Å². The third-order valence-corrected chi connectivity index (χ3v) is 4.78. The Kier molecular flexibility index (Phi) is 4.03. The summed E-state index contributed by atoms with van der Waals surface area (Å²) in [5.41, 5.74) is 1.34. The van der Waals surface area contributed by atoms with E-state index < -0.39 is 0 Å². The van der Waals surface area contributed by atoms with Crippen molar-refractivity contribution in [2.24, 2.45) is 5.92 Å². The molecule has 1 fully saturated rings. The van der Waals surface area contributed by atoms with Gasteiger partial charge in [-0.2, -0.15) is 0 Å². The van der Waals surface area contributed by atoms with E-state index in [-0.39, 0.29) is 0 Å². The van der Waals surface area contributed by atoms with Crippen LogP contribution in [0.5, 0.6) is 5.75 Å². The van der Waals surface area contributed by atoms with Crippen molar-refractivity contribution >= 4 is 11.3 Å². The molecule has 0 spiro atoms. The van der Waals surface area contributed by atoms with Crippen LogP contribution >= 0.6 is 11.3 Å². The summed E-state index contributed by atoms with van der Waals surface area (Å²) < 4.78 is 5.24. The highest BCUT2D eigenvalue weighted by Gasteiger charge is 2.33. The van der Waals surface area contributed by atoms with Crippen LogP contribution in [0, 0.1) is 5.92 Å². The molecule has 2 aromatic rings. The van der Waals surface area contributed by atoms with Gasteiger partial charge in [0, 0.05) is 17.6 Å². The summed E-state index contributed by atoms with van der Waals surface area (Å²) in [5, 5.41) is 6.93. The van der Waals surface area contributed by atoms with Crippen LogP contribution in [0.4, 0.5) is 0 Å². The summed E-state index contributed by atoms with van der Waals surface area (Å²) in [7, 11) is 1.70. The number of rotatable bonds is 6. The number of hydrogen-bond donors (Lipinski definition) is 1. The minimum Gasteiger partial charge on any atom is -0.497 e. The van der Waals surface area contributed by atoms with Crippen LogP contribution in [0.25, 0.3) is 0 Å². The first kappa shape index (κ1) is 13.6. The molecule has 4 heteroatoms. The molecule has 0 amide bonds. The smallest absolute Gasteiger partial charge is 0.118 e. The monoisotopic (exact) mass is 288 g/mol. The van der Waals surface area contributed by atoms with E-state index in [1.165, 1.54) is 18.4 Å². The number of hydrogen-bond acceptors (Lipinski definition) is 4. The van der Waals surface area contributed by atoms with Crippen LogP contribution in [0.15, 0.2) is 35.8 Å². The Morgan fingerprint density at radius 2 is 2.05 bits per heavy atom. The third-order valence-electron chi connectivity index (χ3n) is 3.82. The molecule has 3 rings (SSSR count). The lowest BCUT2D eigenvalue weighted by Crippen LogP contribution is -2.26. The van der Waals surface area contributed by atoms with Crippen LogP contribution in [-0.4, -0.2) is 12.1 Å². The standard InChI is InChI=1S/C16H20N2OS/c1-11(16-17-9-10-20-16)18-15(12-3-4-12)13-5-7-14(19-2)8-6-13/h5-12,15,18H,3-4H2,1-2H3. The van der Waals surface area contributed by atoms with Crippen molar-refractivity contribution in [2.75, 3.05) is 7.11 Å². The molecule has 1 aliphatic rings. The fourth-order valence-electron chi connectivity index (χ4n) is 2.53. The van der Waals surface area contributed by atoms with Gasteiger partial charge in [-0.15, -0.1) is 11.3 Å². The maximum Gasteiger partial charge on any atom is 0.118 e. The Balaban J connectivity index is 1.75. The molecule has 1 N–H and O–H groups in total. The van der Waals surface area contributed by atoms with Crippen molar-refractivity contribution < 1.29 is 4.74 Å². The van der Waals surface area contributed by atoms with E-state index >= 15 is 0 Å². The van der Waals surface area contributed by atoms with Crippen LogP contribution in [-0.2, 0) is 0 Å². The fourth-order valence-corrected chi connectivity index (χ4v) is 3.19. The highest BCUT2D eigenvalue weighted by atomic mass is 32.1. The largest absolute Gasteiger partial charge is 0.497 e. The van der Waals surface area contributed by atoms with Gasteiger partial charge in [-0.25, -0.2) is 4.98 Å². The second-order valence-electron chi connectivity index (χ2n) is 5.35. The zero-order valence-corrected chi connectivity index (χ0v) is 12.7.